The molecule has 1 aromatic carbocycles. The van der Waals surface area contributed by atoms with Gasteiger partial charge in [0.25, 0.3) is 5.91 Å². The molecule has 1 aliphatic carbocycles. The fourth-order valence-electron chi connectivity index (χ4n) is 3.53. The first-order chi connectivity index (χ1) is 13.1. The normalized spacial score (nSPS) is 21.6. The van der Waals surface area contributed by atoms with Crippen LogP contribution in [0.2, 0.25) is 0 Å². The standard InChI is InChI=1S/C19H24N6O2/c1-11-5-4-6-12(9-11)22-16-15-17(26)21-10-27-18(15)25-19(24-16)23-14-8-3-2-7-13(14)20/h4-6,9,13-14H,2-3,7-8,10,20H2,1H3,(H,21,26)(H2,22,23,24,25)/t13-,14+/m0/s1. The molecule has 2 atom stereocenters. The Hall–Kier alpha value is -2.87. The number of carbonyl (C=O) groups is 1. The van der Waals surface area contributed by atoms with Gasteiger partial charge in [0.2, 0.25) is 11.8 Å². The van der Waals surface area contributed by atoms with E-state index in [0.717, 1.165) is 36.9 Å². The highest BCUT2D eigenvalue weighted by Gasteiger charge is 2.28. The molecule has 142 valence electrons. The summed E-state index contributed by atoms with van der Waals surface area (Å²) in [5, 5.41) is 9.23. The molecule has 2 heterocycles. The summed E-state index contributed by atoms with van der Waals surface area (Å²) in [5.74, 6) is 0.846. The molecule has 1 aromatic heterocycles. The number of ether oxygens (including phenoxy) is 1. The number of amides is 1. The number of benzene rings is 1. The number of nitrogens with two attached hydrogens (primary N) is 1. The van der Waals surface area contributed by atoms with Crippen molar-refractivity contribution in [1.82, 2.24) is 15.3 Å². The van der Waals surface area contributed by atoms with Crippen LogP contribution in [0.5, 0.6) is 5.88 Å². The number of nitrogens with one attached hydrogen (secondary N) is 3. The van der Waals surface area contributed by atoms with Crippen LogP contribution < -0.4 is 26.4 Å². The Morgan fingerprint density at radius 2 is 2.11 bits per heavy atom. The van der Waals surface area contributed by atoms with E-state index in [2.05, 4.69) is 25.9 Å². The lowest BCUT2D eigenvalue weighted by Gasteiger charge is -2.30. The van der Waals surface area contributed by atoms with Gasteiger partial charge in [-0.15, -0.1) is 0 Å². The second-order valence-electron chi connectivity index (χ2n) is 7.06. The van der Waals surface area contributed by atoms with Gasteiger partial charge in [-0.1, -0.05) is 25.0 Å². The van der Waals surface area contributed by atoms with Crippen LogP contribution in [0.3, 0.4) is 0 Å². The molecule has 0 radical (unpaired) electrons. The lowest BCUT2D eigenvalue weighted by atomic mass is 9.91. The maximum atomic E-state index is 12.4. The number of nitrogens with zero attached hydrogens (tertiary/aromatic N) is 2. The molecule has 8 heteroatoms. The second kappa shape index (κ2) is 7.40. The van der Waals surface area contributed by atoms with Gasteiger partial charge < -0.3 is 26.4 Å². The highest BCUT2D eigenvalue weighted by molar-refractivity contribution is 6.02. The molecule has 27 heavy (non-hydrogen) atoms. The number of hydrogen-bond acceptors (Lipinski definition) is 7. The van der Waals surface area contributed by atoms with Crippen LogP contribution in [0.1, 0.15) is 41.6 Å². The van der Waals surface area contributed by atoms with E-state index in [9.17, 15) is 4.79 Å². The third-order valence-electron chi connectivity index (χ3n) is 4.96. The summed E-state index contributed by atoms with van der Waals surface area (Å²) in [6, 6.07) is 8.04. The quantitative estimate of drug-likeness (QED) is 0.654. The summed E-state index contributed by atoms with van der Waals surface area (Å²) < 4.78 is 5.56. The Bertz CT molecular complexity index is 856. The van der Waals surface area contributed by atoms with Crippen LogP contribution in [0.4, 0.5) is 17.5 Å². The van der Waals surface area contributed by atoms with Gasteiger partial charge in [0.15, 0.2) is 12.5 Å². The van der Waals surface area contributed by atoms with E-state index in [1.807, 2.05) is 31.2 Å². The van der Waals surface area contributed by atoms with E-state index in [0.29, 0.717) is 17.3 Å². The van der Waals surface area contributed by atoms with Crippen molar-refractivity contribution in [3.8, 4) is 5.88 Å². The minimum absolute atomic E-state index is 0.0655. The molecule has 1 fully saturated rings. The first-order valence-corrected chi connectivity index (χ1v) is 9.29. The van der Waals surface area contributed by atoms with Crippen molar-refractivity contribution < 1.29 is 9.53 Å². The van der Waals surface area contributed by atoms with Crippen molar-refractivity contribution in [1.29, 1.82) is 0 Å². The summed E-state index contributed by atoms with van der Waals surface area (Å²) in [5.41, 5.74) is 8.49. The number of anilines is 3. The maximum absolute atomic E-state index is 12.4. The van der Waals surface area contributed by atoms with Crippen LogP contribution in [-0.4, -0.2) is 34.7 Å². The van der Waals surface area contributed by atoms with Crippen molar-refractivity contribution in [2.24, 2.45) is 5.73 Å². The number of fused-ring (bicyclic) bond motifs is 1. The first-order valence-electron chi connectivity index (χ1n) is 9.29. The highest BCUT2D eigenvalue weighted by Crippen LogP contribution is 2.30. The maximum Gasteiger partial charge on any atom is 0.263 e. The molecule has 0 saturated heterocycles. The van der Waals surface area contributed by atoms with Gasteiger partial charge in [-0.05, 0) is 37.5 Å². The Kier molecular flexibility index (Phi) is 4.81. The zero-order chi connectivity index (χ0) is 18.8. The molecule has 5 N–H and O–H groups in total. The second-order valence-corrected chi connectivity index (χ2v) is 7.06. The van der Waals surface area contributed by atoms with Gasteiger partial charge in [0.1, 0.15) is 5.56 Å². The SMILES string of the molecule is Cc1cccc(Nc2nc(N[C@@H]3CCCC[C@@H]3N)nc3c2C(=O)NCO3)c1. The highest BCUT2D eigenvalue weighted by atomic mass is 16.5. The third kappa shape index (κ3) is 3.80. The minimum Gasteiger partial charge on any atom is -0.456 e. The zero-order valence-corrected chi connectivity index (χ0v) is 15.3. The van der Waals surface area contributed by atoms with Gasteiger partial charge >= 0.3 is 0 Å². The molecule has 2 aromatic rings. The molecule has 0 unspecified atom stereocenters. The van der Waals surface area contributed by atoms with Gasteiger partial charge in [-0.25, -0.2) is 0 Å². The predicted molar refractivity (Wildman–Crippen MR) is 103 cm³/mol. The summed E-state index contributed by atoms with van der Waals surface area (Å²) in [7, 11) is 0. The smallest absolute Gasteiger partial charge is 0.263 e. The lowest BCUT2D eigenvalue weighted by molar-refractivity contribution is 0.0879. The van der Waals surface area contributed by atoms with E-state index < -0.39 is 0 Å². The molecule has 8 nitrogen and oxygen atoms in total. The summed E-state index contributed by atoms with van der Waals surface area (Å²) in [6.45, 7) is 2.10. The van der Waals surface area contributed by atoms with Crippen molar-refractivity contribution in [2.45, 2.75) is 44.7 Å². The number of carbonyl (C=O) groups excluding carboxylic acids is 1. The fraction of sp³-hybridized carbons (Fsp3) is 0.421. The minimum atomic E-state index is -0.257. The monoisotopic (exact) mass is 368 g/mol. The molecule has 2 aliphatic rings. The molecule has 4 rings (SSSR count). The van der Waals surface area contributed by atoms with Gasteiger partial charge in [0.05, 0.1) is 0 Å². The Balaban J connectivity index is 1.68. The summed E-state index contributed by atoms with van der Waals surface area (Å²) in [6.07, 6.45) is 4.23. The third-order valence-corrected chi connectivity index (χ3v) is 4.96. The zero-order valence-electron chi connectivity index (χ0n) is 15.3. The van der Waals surface area contributed by atoms with Crippen molar-refractivity contribution in [3.05, 3.63) is 35.4 Å². The van der Waals surface area contributed by atoms with Crippen LogP contribution in [-0.2, 0) is 0 Å². The van der Waals surface area contributed by atoms with E-state index in [-0.39, 0.29) is 30.6 Å². The average molecular weight is 368 g/mol. The number of hydrogen-bond donors (Lipinski definition) is 4. The molecular formula is C19H24N6O2. The molecule has 1 aliphatic heterocycles. The van der Waals surface area contributed by atoms with Crippen molar-refractivity contribution in [3.63, 3.8) is 0 Å². The first kappa shape index (κ1) is 17.5. The van der Waals surface area contributed by atoms with Crippen LogP contribution in [0, 0.1) is 6.92 Å². The molecular weight excluding hydrogens is 344 g/mol. The van der Waals surface area contributed by atoms with Gasteiger partial charge in [-0.2, -0.15) is 9.97 Å². The predicted octanol–water partition coefficient (Wildman–Crippen LogP) is 2.29. The van der Waals surface area contributed by atoms with Crippen LogP contribution in [0.25, 0.3) is 0 Å². The fourth-order valence-corrected chi connectivity index (χ4v) is 3.53. The number of aryl methyl sites for hydroxylation is 1. The Morgan fingerprint density at radius 3 is 2.93 bits per heavy atom. The summed E-state index contributed by atoms with van der Waals surface area (Å²) >= 11 is 0. The van der Waals surface area contributed by atoms with E-state index in [1.165, 1.54) is 0 Å². The Morgan fingerprint density at radius 1 is 1.26 bits per heavy atom. The number of rotatable bonds is 4. The Labute approximate surface area is 157 Å². The van der Waals surface area contributed by atoms with Crippen molar-refractivity contribution >= 4 is 23.4 Å². The van der Waals surface area contributed by atoms with E-state index in [1.54, 1.807) is 0 Å². The van der Waals surface area contributed by atoms with Crippen LogP contribution in [0.15, 0.2) is 24.3 Å². The molecule has 0 spiro atoms. The molecule has 1 amide bonds. The largest absolute Gasteiger partial charge is 0.456 e. The van der Waals surface area contributed by atoms with E-state index >= 15 is 0 Å². The lowest BCUT2D eigenvalue weighted by Crippen LogP contribution is -2.43. The van der Waals surface area contributed by atoms with Crippen molar-refractivity contribution in [2.75, 3.05) is 17.4 Å². The summed E-state index contributed by atoms with van der Waals surface area (Å²) in [4.78, 5) is 21.3. The number of aromatic nitrogens is 2. The van der Waals surface area contributed by atoms with Gasteiger partial charge in [-0.3, -0.25) is 4.79 Å². The topological polar surface area (TPSA) is 114 Å². The van der Waals surface area contributed by atoms with Crippen LogP contribution >= 0.6 is 0 Å². The average Bonchev–Trinajstić information content (AvgIpc) is 2.64. The molecule has 1 saturated carbocycles. The van der Waals surface area contributed by atoms with E-state index in [4.69, 9.17) is 10.5 Å². The van der Waals surface area contributed by atoms with Gasteiger partial charge in [0, 0.05) is 17.8 Å². The molecule has 0 bridgehead atoms.